The lowest BCUT2D eigenvalue weighted by atomic mass is 10.0. The molecular formula is C12H18N2S. The van der Waals surface area contributed by atoms with E-state index in [4.69, 9.17) is 4.98 Å². The molecule has 82 valence electrons. The Bertz CT molecular complexity index is 316. The van der Waals surface area contributed by atoms with Crippen molar-refractivity contribution in [1.29, 1.82) is 0 Å². The topological polar surface area (TPSA) is 24.9 Å². The maximum Gasteiger partial charge on any atom is 0.110 e. The zero-order valence-corrected chi connectivity index (χ0v) is 9.91. The van der Waals surface area contributed by atoms with Crippen molar-refractivity contribution >= 4 is 11.3 Å². The average molecular weight is 222 g/mol. The molecule has 2 nitrogen and oxygen atoms in total. The van der Waals surface area contributed by atoms with Gasteiger partial charge < -0.3 is 5.32 Å². The molecule has 0 saturated carbocycles. The van der Waals surface area contributed by atoms with Crippen LogP contribution in [0, 0.1) is 0 Å². The normalized spacial score (nSPS) is 26.3. The van der Waals surface area contributed by atoms with E-state index in [2.05, 4.69) is 5.32 Å². The van der Waals surface area contributed by atoms with Crippen LogP contribution >= 0.6 is 11.3 Å². The highest BCUT2D eigenvalue weighted by molar-refractivity contribution is 7.11. The van der Waals surface area contributed by atoms with Crippen molar-refractivity contribution in [1.82, 2.24) is 10.3 Å². The Morgan fingerprint density at radius 3 is 2.87 bits per heavy atom. The summed E-state index contributed by atoms with van der Waals surface area (Å²) < 4.78 is 0. The number of piperidine rings is 1. The molecule has 1 aromatic heterocycles. The van der Waals surface area contributed by atoms with E-state index < -0.39 is 0 Å². The molecule has 1 saturated heterocycles. The first-order valence-electron chi connectivity index (χ1n) is 6.15. The molecule has 1 N–H and O–H groups in total. The average Bonchev–Trinajstić information content (AvgIpc) is 2.74. The van der Waals surface area contributed by atoms with Crippen molar-refractivity contribution in [3.8, 4) is 0 Å². The minimum Gasteiger partial charge on any atom is -0.308 e. The third-order valence-electron chi connectivity index (χ3n) is 3.47. The summed E-state index contributed by atoms with van der Waals surface area (Å²) in [5, 5.41) is 4.96. The quantitative estimate of drug-likeness (QED) is 0.790. The van der Waals surface area contributed by atoms with E-state index in [0.29, 0.717) is 6.04 Å². The van der Waals surface area contributed by atoms with Crippen molar-refractivity contribution in [3.63, 3.8) is 0 Å². The second-order valence-electron chi connectivity index (χ2n) is 4.63. The predicted molar refractivity (Wildman–Crippen MR) is 63.4 cm³/mol. The summed E-state index contributed by atoms with van der Waals surface area (Å²) in [6.07, 6.45) is 9.19. The Hall–Kier alpha value is -0.410. The molecule has 2 heterocycles. The van der Waals surface area contributed by atoms with E-state index in [1.807, 2.05) is 11.3 Å². The second-order valence-corrected chi connectivity index (χ2v) is 5.75. The van der Waals surface area contributed by atoms with Crippen LogP contribution in [-0.2, 0) is 12.8 Å². The fraction of sp³-hybridized carbons (Fsp3) is 0.750. The molecule has 0 aromatic carbocycles. The van der Waals surface area contributed by atoms with E-state index in [1.165, 1.54) is 62.2 Å². The SMILES string of the molecule is C1CCC(c2nc3c(s2)CCCC3)NC1. The van der Waals surface area contributed by atoms with Gasteiger partial charge in [0, 0.05) is 4.88 Å². The van der Waals surface area contributed by atoms with Gasteiger partial charge in [-0.25, -0.2) is 4.98 Å². The molecule has 1 atom stereocenters. The zero-order chi connectivity index (χ0) is 10.1. The Balaban J connectivity index is 1.82. The standard InChI is InChI=1S/C12H18N2S/c1-2-7-11-9(5-1)14-12(15-11)10-6-3-4-8-13-10/h10,13H,1-8H2. The van der Waals surface area contributed by atoms with Crippen LogP contribution in [0.5, 0.6) is 0 Å². The van der Waals surface area contributed by atoms with Crippen LogP contribution in [-0.4, -0.2) is 11.5 Å². The van der Waals surface area contributed by atoms with Gasteiger partial charge in [-0.2, -0.15) is 0 Å². The van der Waals surface area contributed by atoms with Gasteiger partial charge in [-0.1, -0.05) is 6.42 Å². The Kier molecular flexibility index (Phi) is 2.76. The van der Waals surface area contributed by atoms with Crippen molar-refractivity contribution in [2.24, 2.45) is 0 Å². The van der Waals surface area contributed by atoms with Crippen molar-refractivity contribution < 1.29 is 0 Å². The van der Waals surface area contributed by atoms with Crippen molar-refractivity contribution in [3.05, 3.63) is 15.6 Å². The minimum atomic E-state index is 0.564. The number of thiazole rings is 1. The van der Waals surface area contributed by atoms with Gasteiger partial charge >= 0.3 is 0 Å². The number of nitrogens with zero attached hydrogens (tertiary/aromatic N) is 1. The molecule has 0 spiro atoms. The molecule has 1 aromatic rings. The first kappa shape index (κ1) is 9.79. The maximum atomic E-state index is 4.83. The van der Waals surface area contributed by atoms with Crippen LogP contribution in [0.25, 0.3) is 0 Å². The lowest BCUT2D eigenvalue weighted by Gasteiger charge is -2.21. The van der Waals surface area contributed by atoms with Gasteiger partial charge in [0.25, 0.3) is 0 Å². The summed E-state index contributed by atoms with van der Waals surface area (Å²) in [7, 11) is 0. The van der Waals surface area contributed by atoms with E-state index in [9.17, 15) is 0 Å². The molecular weight excluding hydrogens is 204 g/mol. The van der Waals surface area contributed by atoms with Gasteiger partial charge in [-0.15, -0.1) is 11.3 Å². The summed E-state index contributed by atoms with van der Waals surface area (Å²) in [4.78, 5) is 6.40. The maximum absolute atomic E-state index is 4.83. The smallest absolute Gasteiger partial charge is 0.110 e. The highest BCUT2D eigenvalue weighted by Crippen LogP contribution is 2.32. The summed E-state index contributed by atoms with van der Waals surface area (Å²) in [6.45, 7) is 1.18. The minimum absolute atomic E-state index is 0.564. The number of aryl methyl sites for hydroxylation is 2. The molecule has 1 unspecified atom stereocenters. The van der Waals surface area contributed by atoms with E-state index in [0.717, 1.165) is 0 Å². The molecule has 0 radical (unpaired) electrons. The van der Waals surface area contributed by atoms with Gasteiger partial charge in [0.2, 0.25) is 0 Å². The van der Waals surface area contributed by atoms with Gasteiger partial charge in [0.1, 0.15) is 5.01 Å². The van der Waals surface area contributed by atoms with Crippen LogP contribution in [0.3, 0.4) is 0 Å². The van der Waals surface area contributed by atoms with Crippen molar-refractivity contribution in [2.45, 2.75) is 51.0 Å². The third kappa shape index (κ3) is 1.95. The van der Waals surface area contributed by atoms with Crippen LogP contribution in [0.4, 0.5) is 0 Å². The highest BCUT2D eigenvalue weighted by Gasteiger charge is 2.21. The second kappa shape index (κ2) is 4.22. The summed E-state index contributed by atoms with van der Waals surface area (Å²) in [6, 6.07) is 0.564. The Morgan fingerprint density at radius 1 is 1.13 bits per heavy atom. The summed E-state index contributed by atoms with van der Waals surface area (Å²) in [5.41, 5.74) is 1.41. The number of rotatable bonds is 1. The third-order valence-corrected chi connectivity index (χ3v) is 4.74. The summed E-state index contributed by atoms with van der Waals surface area (Å²) in [5.74, 6) is 0. The number of aromatic nitrogens is 1. The lowest BCUT2D eigenvalue weighted by molar-refractivity contribution is 0.410. The van der Waals surface area contributed by atoms with E-state index in [1.54, 1.807) is 4.88 Å². The number of hydrogen-bond donors (Lipinski definition) is 1. The van der Waals surface area contributed by atoms with Crippen LogP contribution < -0.4 is 5.32 Å². The molecule has 1 aliphatic carbocycles. The number of nitrogens with one attached hydrogen (secondary N) is 1. The lowest BCUT2D eigenvalue weighted by Crippen LogP contribution is -2.26. The van der Waals surface area contributed by atoms with Crippen molar-refractivity contribution in [2.75, 3.05) is 6.54 Å². The fourth-order valence-corrected chi connectivity index (χ4v) is 3.85. The largest absolute Gasteiger partial charge is 0.308 e. The predicted octanol–water partition coefficient (Wildman–Crippen LogP) is 2.84. The van der Waals surface area contributed by atoms with E-state index in [-0.39, 0.29) is 0 Å². The van der Waals surface area contributed by atoms with Gasteiger partial charge in [-0.05, 0) is 45.1 Å². The first-order valence-corrected chi connectivity index (χ1v) is 6.97. The van der Waals surface area contributed by atoms with Crippen LogP contribution in [0.2, 0.25) is 0 Å². The Labute approximate surface area is 95.1 Å². The van der Waals surface area contributed by atoms with Gasteiger partial charge in [0.05, 0.1) is 11.7 Å². The fourth-order valence-electron chi connectivity index (χ4n) is 2.58. The van der Waals surface area contributed by atoms with Gasteiger partial charge in [-0.3, -0.25) is 0 Å². The molecule has 15 heavy (non-hydrogen) atoms. The number of fused-ring (bicyclic) bond motifs is 1. The molecule has 3 heteroatoms. The molecule has 1 aliphatic heterocycles. The van der Waals surface area contributed by atoms with E-state index >= 15 is 0 Å². The van der Waals surface area contributed by atoms with Gasteiger partial charge in [0.15, 0.2) is 0 Å². The molecule has 0 bridgehead atoms. The number of hydrogen-bond acceptors (Lipinski definition) is 3. The zero-order valence-electron chi connectivity index (χ0n) is 9.09. The molecule has 2 aliphatic rings. The summed E-state index contributed by atoms with van der Waals surface area (Å²) >= 11 is 1.97. The highest BCUT2D eigenvalue weighted by atomic mass is 32.1. The van der Waals surface area contributed by atoms with Crippen LogP contribution in [0.1, 0.15) is 53.7 Å². The first-order chi connectivity index (χ1) is 7.43. The molecule has 3 rings (SSSR count). The molecule has 0 amide bonds. The molecule has 1 fully saturated rings. The monoisotopic (exact) mass is 222 g/mol. The Morgan fingerprint density at radius 2 is 2.07 bits per heavy atom. The van der Waals surface area contributed by atoms with Crippen LogP contribution in [0.15, 0.2) is 0 Å².